The number of pyridine rings is 1. The number of hydrogen-bond acceptors (Lipinski definition) is 4. The van der Waals surface area contributed by atoms with Gasteiger partial charge in [-0.3, -0.25) is 9.78 Å². The highest BCUT2D eigenvalue weighted by atomic mass is 32.1. The van der Waals surface area contributed by atoms with Gasteiger partial charge in [0.05, 0.1) is 24.8 Å². The molecule has 0 saturated heterocycles. The summed E-state index contributed by atoms with van der Waals surface area (Å²) < 4.78 is 0. The van der Waals surface area contributed by atoms with Crippen LogP contribution in [-0.2, 0) is 24.2 Å². The molecule has 19 heavy (non-hydrogen) atoms. The maximum atomic E-state index is 11.8. The van der Waals surface area contributed by atoms with Crippen LogP contribution < -0.4 is 11.1 Å². The second-order valence-electron chi connectivity index (χ2n) is 4.26. The molecule has 4 nitrogen and oxygen atoms in total. The Morgan fingerprint density at radius 3 is 2.74 bits per heavy atom. The number of amides is 1. The molecular weight excluding hydrogens is 258 g/mol. The van der Waals surface area contributed by atoms with E-state index in [1.54, 1.807) is 29.7 Å². The first-order valence-electron chi connectivity index (χ1n) is 6.22. The van der Waals surface area contributed by atoms with Crippen molar-refractivity contribution in [2.75, 3.05) is 5.73 Å². The number of nitrogen functional groups attached to an aromatic ring is 1. The number of hydrogen-bond donors (Lipinski definition) is 2. The standard InChI is InChI=1S/C14H17N3OS/c1-2-12-5-6-13(19-12)9-17-14(18)7-11-4-3-10(15)8-16-11/h3-6,8H,2,7,9,15H2,1H3,(H,17,18). The Bertz CT molecular complexity index is 548. The molecular formula is C14H17N3OS. The SMILES string of the molecule is CCc1ccc(CNC(=O)Cc2ccc(N)cn2)s1. The molecule has 2 heterocycles. The van der Waals surface area contributed by atoms with E-state index in [1.165, 1.54) is 9.75 Å². The second kappa shape index (κ2) is 6.33. The molecule has 0 aliphatic carbocycles. The lowest BCUT2D eigenvalue weighted by Gasteiger charge is -2.03. The van der Waals surface area contributed by atoms with E-state index in [0.29, 0.717) is 12.2 Å². The zero-order valence-electron chi connectivity index (χ0n) is 10.8. The summed E-state index contributed by atoms with van der Waals surface area (Å²) in [7, 11) is 0. The van der Waals surface area contributed by atoms with E-state index in [2.05, 4.69) is 29.4 Å². The van der Waals surface area contributed by atoms with Gasteiger partial charge >= 0.3 is 0 Å². The molecule has 1 amide bonds. The molecule has 0 radical (unpaired) electrons. The number of nitrogens with zero attached hydrogens (tertiary/aromatic N) is 1. The van der Waals surface area contributed by atoms with Gasteiger partial charge in [-0.1, -0.05) is 6.92 Å². The molecule has 0 unspecified atom stereocenters. The van der Waals surface area contributed by atoms with Crippen molar-refractivity contribution in [1.82, 2.24) is 10.3 Å². The van der Waals surface area contributed by atoms with E-state index in [-0.39, 0.29) is 12.3 Å². The third-order valence-electron chi connectivity index (χ3n) is 2.71. The third kappa shape index (κ3) is 4.06. The topological polar surface area (TPSA) is 68.0 Å². The van der Waals surface area contributed by atoms with Gasteiger partial charge in [0.15, 0.2) is 0 Å². The van der Waals surface area contributed by atoms with E-state index in [1.807, 2.05) is 0 Å². The van der Waals surface area contributed by atoms with Crippen LogP contribution in [0.5, 0.6) is 0 Å². The van der Waals surface area contributed by atoms with Crippen LogP contribution in [0.25, 0.3) is 0 Å². The van der Waals surface area contributed by atoms with Gasteiger partial charge in [0.1, 0.15) is 0 Å². The van der Waals surface area contributed by atoms with Crippen LogP contribution in [0, 0.1) is 0 Å². The van der Waals surface area contributed by atoms with Crippen LogP contribution in [0.3, 0.4) is 0 Å². The van der Waals surface area contributed by atoms with Gasteiger partial charge in [0.2, 0.25) is 5.91 Å². The first-order valence-corrected chi connectivity index (χ1v) is 7.03. The highest BCUT2D eigenvalue weighted by molar-refractivity contribution is 7.11. The van der Waals surface area contributed by atoms with Gasteiger partial charge in [0.25, 0.3) is 0 Å². The minimum Gasteiger partial charge on any atom is -0.397 e. The molecule has 0 saturated carbocycles. The van der Waals surface area contributed by atoms with Crippen LogP contribution >= 0.6 is 11.3 Å². The zero-order valence-corrected chi connectivity index (χ0v) is 11.7. The monoisotopic (exact) mass is 275 g/mol. The number of aryl methyl sites for hydroxylation is 1. The Morgan fingerprint density at radius 2 is 2.11 bits per heavy atom. The average molecular weight is 275 g/mol. The summed E-state index contributed by atoms with van der Waals surface area (Å²) in [4.78, 5) is 18.4. The van der Waals surface area contributed by atoms with Crippen LogP contribution in [-0.4, -0.2) is 10.9 Å². The fourth-order valence-corrected chi connectivity index (χ4v) is 2.56. The number of rotatable bonds is 5. The Kier molecular flexibility index (Phi) is 4.52. The fraction of sp³-hybridized carbons (Fsp3) is 0.286. The first kappa shape index (κ1) is 13.5. The van der Waals surface area contributed by atoms with E-state index >= 15 is 0 Å². The average Bonchev–Trinajstić information content (AvgIpc) is 2.87. The molecule has 0 aliphatic heterocycles. The summed E-state index contributed by atoms with van der Waals surface area (Å²) in [6, 6.07) is 7.69. The predicted octanol–water partition coefficient (Wildman–Crippen LogP) is 2.15. The van der Waals surface area contributed by atoms with Crippen molar-refractivity contribution in [3.05, 3.63) is 45.9 Å². The second-order valence-corrected chi connectivity index (χ2v) is 5.51. The van der Waals surface area contributed by atoms with Crippen molar-refractivity contribution in [1.29, 1.82) is 0 Å². The molecule has 0 bridgehead atoms. The van der Waals surface area contributed by atoms with E-state index in [0.717, 1.165) is 12.1 Å². The maximum absolute atomic E-state index is 11.8. The maximum Gasteiger partial charge on any atom is 0.226 e. The zero-order chi connectivity index (χ0) is 13.7. The fourth-order valence-electron chi connectivity index (χ4n) is 1.66. The first-order chi connectivity index (χ1) is 9.17. The number of carbonyl (C=O) groups excluding carboxylic acids is 1. The number of nitrogens with one attached hydrogen (secondary N) is 1. The highest BCUT2D eigenvalue weighted by Gasteiger charge is 2.05. The highest BCUT2D eigenvalue weighted by Crippen LogP contribution is 2.16. The van der Waals surface area contributed by atoms with Gasteiger partial charge in [-0.15, -0.1) is 11.3 Å². The molecule has 5 heteroatoms. The summed E-state index contributed by atoms with van der Waals surface area (Å²) in [5.74, 6) is -0.0243. The summed E-state index contributed by atoms with van der Waals surface area (Å²) in [6.07, 6.45) is 2.88. The smallest absolute Gasteiger partial charge is 0.226 e. The Morgan fingerprint density at radius 1 is 1.32 bits per heavy atom. The Balaban J connectivity index is 1.82. The van der Waals surface area contributed by atoms with Crippen molar-refractivity contribution in [3.63, 3.8) is 0 Å². The van der Waals surface area contributed by atoms with Crippen LogP contribution in [0.1, 0.15) is 22.4 Å². The van der Waals surface area contributed by atoms with E-state index in [4.69, 9.17) is 5.73 Å². The Labute approximate surface area is 116 Å². The largest absolute Gasteiger partial charge is 0.397 e. The van der Waals surface area contributed by atoms with Gasteiger partial charge in [-0.25, -0.2) is 0 Å². The molecule has 2 rings (SSSR count). The van der Waals surface area contributed by atoms with Crippen LogP contribution in [0.4, 0.5) is 5.69 Å². The summed E-state index contributed by atoms with van der Waals surface area (Å²) in [6.45, 7) is 2.71. The summed E-state index contributed by atoms with van der Waals surface area (Å²) in [5, 5.41) is 2.90. The predicted molar refractivity (Wildman–Crippen MR) is 77.9 cm³/mol. The van der Waals surface area contributed by atoms with Crippen molar-refractivity contribution >= 4 is 22.9 Å². The molecule has 0 aromatic carbocycles. The quantitative estimate of drug-likeness (QED) is 0.878. The lowest BCUT2D eigenvalue weighted by molar-refractivity contribution is -0.120. The van der Waals surface area contributed by atoms with Crippen molar-refractivity contribution in [2.24, 2.45) is 0 Å². The van der Waals surface area contributed by atoms with Crippen molar-refractivity contribution in [2.45, 2.75) is 26.3 Å². The van der Waals surface area contributed by atoms with Gasteiger partial charge in [-0.2, -0.15) is 0 Å². The van der Waals surface area contributed by atoms with Crippen molar-refractivity contribution < 1.29 is 4.79 Å². The normalized spacial score (nSPS) is 10.4. The Hall–Kier alpha value is -1.88. The lowest BCUT2D eigenvalue weighted by Crippen LogP contribution is -2.24. The molecule has 3 N–H and O–H groups in total. The van der Waals surface area contributed by atoms with E-state index < -0.39 is 0 Å². The summed E-state index contributed by atoms with van der Waals surface area (Å²) in [5.41, 5.74) is 6.88. The minimum absolute atomic E-state index is 0.0243. The molecule has 2 aromatic heterocycles. The van der Waals surface area contributed by atoms with Gasteiger partial charge in [-0.05, 0) is 30.7 Å². The number of anilines is 1. The molecule has 2 aromatic rings. The van der Waals surface area contributed by atoms with E-state index in [9.17, 15) is 4.79 Å². The van der Waals surface area contributed by atoms with Gasteiger partial charge < -0.3 is 11.1 Å². The third-order valence-corrected chi connectivity index (χ3v) is 3.94. The van der Waals surface area contributed by atoms with Crippen molar-refractivity contribution in [3.8, 4) is 0 Å². The van der Waals surface area contributed by atoms with Crippen LogP contribution in [0.2, 0.25) is 0 Å². The number of aromatic nitrogens is 1. The molecule has 0 atom stereocenters. The minimum atomic E-state index is -0.0243. The van der Waals surface area contributed by atoms with Gasteiger partial charge in [0, 0.05) is 15.4 Å². The lowest BCUT2D eigenvalue weighted by atomic mass is 10.2. The number of thiophene rings is 1. The summed E-state index contributed by atoms with van der Waals surface area (Å²) >= 11 is 1.74. The molecule has 0 spiro atoms. The number of nitrogens with two attached hydrogens (primary N) is 1. The van der Waals surface area contributed by atoms with Crippen LogP contribution in [0.15, 0.2) is 30.5 Å². The molecule has 0 aliphatic rings. The number of carbonyl (C=O) groups is 1. The molecule has 100 valence electrons. The molecule has 0 fully saturated rings.